The normalized spacial score (nSPS) is 21.2. The molecule has 32 heavy (non-hydrogen) atoms. The topological polar surface area (TPSA) is 58.1 Å². The van der Waals surface area contributed by atoms with E-state index >= 15 is 0 Å². The second-order valence-corrected chi connectivity index (χ2v) is 10.5. The average Bonchev–Trinajstić information content (AvgIpc) is 3.29. The maximum atomic E-state index is 5.83. The van der Waals surface area contributed by atoms with Crippen LogP contribution in [0.3, 0.4) is 0 Å². The van der Waals surface area contributed by atoms with Gasteiger partial charge in [-0.15, -0.1) is 0 Å². The van der Waals surface area contributed by atoms with Crippen molar-refractivity contribution < 1.29 is 9.47 Å². The zero-order valence-electron chi connectivity index (χ0n) is 20.8. The molecule has 0 bridgehead atoms. The van der Waals surface area contributed by atoms with E-state index in [1.807, 2.05) is 7.05 Å². The van der Waals surface area contributed by atoms with Gasteiger partial charge in [0.2, 0.25) is 0 Å². The van der Waals surface area contributed by atoms with Gasteiger partial charge in [0.1, 0.15) is 5.75 Å². The first-order chi connectivity index (χ1) is 15.4. The van der Waals surface area contributed by atoms with Gasteiger partial charge in [-0.3, -0.25) is 4.99 Å². The largest absolute Gasteiger partial charge is 0.493 e. The van der Waals surface area contributed by atoms with Crippen molar-refractivity contribution >= 4 is 5.96 Å². The van der Waals surface area contributed by atoms with Crippen LogP contribution in [0.2, 0.25) is 0 Å². The summed E-state index contributed by atoms with van der Waals surface area (Å²) in [7, 11) is 1.86. The summed E-state index contributed by atoms with van der Waals surface area (Å²) in [5, 5.41) is 7.21. The van der Waals surface area contributed by atoms with E-state index in [9.17, 15) is 0 Å². The van der Waals surface area contributed by atoms with Crippen LogP contribution in [0.25, 0.3) is 0 Å². The van der Waals surface area contributed by atoms with Crippen molar-refractivity contribution in [2.24, 2.45) is 16.8 Å². The molecule has 2 aliphatic heterocycles. The molecule has 0 radical (unpaired) electrons. The molecule has 1 aromatic carbocycles. The number of hydrogen-bond acceptors (Lipinski definition) is 4. The van der Waals surface area contributed by atoms with Crippen molar-refractivity contribution in [2.45, 2.75) is 58.4 Å². The fourth-order valence-corrected chi connectivity index (χ4v) is 4.41. The summed E-state index contributed by atoms with van der Waals surface area (Å²) in [5.41, 5.74) is 1.28. The highest BCUT2D eigenvalue weighted by Crippen LogP contribution is 2.25. The van der Waals surface area contributed by atoms with Gasteiger partial charge in [0, 0.05) is 51.3 Å². The van der Waals surface area contributed by atoms with Crippen molar-refractivity contribution in [2.75, 3.05) is 53.0 Å². The SMILES string of the molecule is CN=C(NCC(C)(C)c1ccc(OCC(C)C)cc1)NC1CCN(CC2CCOC2)CC1. The summed E-state index contributed by atoms with van der Waals surface area (Å²) in [6.45, 7) is 15.8. The van der Waals surface area contributed by atoms with Crippen molar-refractivity contribution in [1.29, 1.82) is 0 Å². The first-order valence-electron chi connectivity index (χ1n) is 12.4. The summed E-state index contributed by atoms with van der Waals surface area (Å²) >= 11 is 0. The quantitative estimate of drug-likeness (QED) is 0.450. The second kappa shape index (κ2) is 11.9. The molecule has 1 aromatic rings. The van der Waals surface area contributed by atoms with Gasteiger partial charge in [0.25, 0.3) is 0 Å². The van der Waals surface area contributed by atoms with E-state index in [1.54, 1.807) is 0 Å². The van der Waals surface area contributed by atoms with Crippen LogP contribution in [0.1, 0.15) is 52.5 Å². The van der Waals surface area contributed by atoms with Gasteiger partial charge < -0.3 is 25.0 Å². The van der Waals surface area contributed by atoms with Crippen LogP contribution in [0, 0.1) is 11.8 Å². The molecule has 2 saturated heterocycles. The fourth-order valence-electron chi connectivity index (χ4n) is 4.41. The van der Waals surface area contributed by atoms with Gasteiger partial charge in [0.15, 0.2) is 5.96 Å². The number of benzene rings is 1. The van der Waals surface area contributed by atoms with E-state index in [4.69, 9.17) is 9.47 Å². The smallest absolute Gasteiger partial charge is 0.191 e. The first-order valence-corrected chi connectivity index (χ1v) is 12.4. The molecule has 0 amide bonds. The Hall–Kier alpha value is -1.79. The maximum Gasteiger partial charge on any atom is 0.191 e. The lowest BCUT2D eigenvalue weighted by molar-refractivity contribution is 0.150. The van der Waals surface area contributed by atoms with E-state index in [1.165, 1.54) is 18.5 Å². The molecule has 6 heteroatoms. The Balaban J connectivity index is 1.42. The highest BCUT2D eigenvalue weighted by Gasteiger charge is 2.25. The summed E-state index contributed by atoms with van der Waals surface area (Å²) in [4.78, 5) is 7.08. The van der Waals surface area contributed by atoms with E-state index < -0.39 is 0 Å². The lowest BCUT2D eigenvalue weighted by atomic mass is 9.84. The molecule has 1 unspecified atom stereocenters. The van der Waals surface area contributed by atoms with Crippen molar-refractivity contribution in [1.82, 2.24) is 15.5 Å². The average molecular weight is 445 g/mol. The number of guanidine groups is 1. The molecule has 1 atom stereocenters. The van der Waals surface area contributed by atoms with Crippen molar-refractivity contribution in [3.63, 3.8) is 0 Å². The highest BCUT2D eigenvalue weighted by atomic mass is 16.5. The fraction of sp³-hybridized carbons (Fsp3) is 0.731. The van der Waals surface area contributed by atoms with Gasteiger partial charge in [-0.1, -0.05) is 39.8 Å². The molecule has 3 rings (SSSR count). The minimum Gasteiger partial charge on any atom is -0.493 e. The number of piperidine rings is 1. The van der Waals surface area contributed by atoms with Gasteiger partial charge in [-0.05, 0) is 48.8 Å². The van der Waals surface area contributed by atoms with Gasteiger partial charge in [-0.25, -0.2) is 0 Å². The van der Waals surface area contributed by atoms with Crippen LogP contribution in [0.4, 0.5) is 0 Å². The third kappa shape index (κ3) is 7.66. The Bertz CT molecular complexity index is 703. The molecule has 2 aliphatic rings. The Morgan fingerprint density at radius 2 is 1.91 bits per heavy atom. The number of aliphatic imine (C=N–C) groups is 1. The lowest BCUT2D eigenvalue weighted by Gasteiger charge is -2.34. The molecule has 0 saturated carbocycles. The molecule has 0 aliphatic carbocycles. The summed E-state index contributed by atoms with van der Waals surface area (Å²) in [6.07, 6.45) is 3.54. The summed E-state index contributed by atoms with van der Waals surface area (Å²) in [6, 6.07) is 9.01. The van der Waals surface area contributed by atoms with Gasteiger partial charge in [0.05, 0.1) is 13.2 Å². The Morgan fingerprint density at radius 3 is 2.50 bits per heavy atom. The molecule has 180 valence electrons. The van der Waals surface area contributed by atoms with Crippen LogP contribution in [-0.2, 0) is 10.2 Å². The molecule has 6 nitrogen and oxygen atoms in total. The Labute approximate surface area is 195 Å². The molecular formula is C26H44N4O2. The molecular weight excluding hydrogens is 400 g/mol. The van der Waals surface area contributed by atoms with E-state index in [-0.39, 0.29) is 5.41 Å². The second-order valence-electron chi connectivity index (χ2n) is 10.5. The lowest BCUT2D eigenvalue weighted by Crippen LogP contribution is -2.51. The van der Waals surface area contributed by atoms with Crippen LogP contribution in [-0.4, -0.2) is 69.9 Å². The van der Waals surface area contributed by atoms with E-state index in [2.05, 4.69) is 72.5 Å². The summed E-state index contributed by atoms with van der Waals surface area (Å²) < 4.78 is 11.4. The zero-order chi connectivity index (χ0) is 23.0. The number of hydrogen-bond donors (Lipinski definition) is 2. The Kier molecular flexibility index (Phi) is 9.23. The summed E-state index contributed by atoms with van der Waals surface area (Å²) in [5.74, 6) is 3.10. The minimum absolute atomic E-state index is 0.0130. The first kappa shape index (κ1) is 24.8. The third-order valence-electron chi connectivity index (χ3n) is 6.61. The predicted molar refractivity (Wildman–Crippen MR) is 133 cm³/mol. The number of nitrogens with one attached hydrogen (secondary N) is 2. The molecule has 2 heterocycles. The van der Waals surface area contributed by atoms with Crippen LogP contribution in [0.15, 0.2) is 29.3 Å². The standard InChI is InChI=1S/C26H44N4O2/c1-20(2)17-32-24-8-6-22(7-9-24)26(3,4)19-28-25(27-5)29-23-10-13-30(14-11-23)16-21-12-15-31-18-21/h6-9,20-21,23H,10-19H2,1-5H3,(H2,27,28,29). The van der Waals surface area contributed by atoms with Crippen LogP contribution in [0.5, 0.6) is 5.75 Å². The number of nitrogens with zero attached hydrogens (tertiary/aromatic N) is 2. The molecule has 2 fully saturated rings. The van der Waals surface area contributed by atoms with Crippen molar-refractivity contribution in [3.05, 3.63) is 29.8 Å². The van der Waals surface area contributed by atoms with Crippen LogP contribution < -0.4 is 15.4 Å². The molecule has 0 aromatic heterocycles. The number of ether oxygens (including phenoxy) is 2. The van der Waals surface area contributed by atoms with E-state index in [0.29, 0.717) is 12.0 Å². The molecule has 0 spiro atoms. The van der Waals surface area contributed by atoms with Crippen molar-refractivity contribution in [3.8, 4) is 5.75 Å². The van der Waals surface area contributed by atoms with Gasteiger partial charge in [-0.2, -0.15) is 0 Å². The minimum atomic E-state index is -0.0130. The Morgan fingerprint density at radius 1 is 1.19 bits per heavy atom. The zero-order valence-corrected chi connectivity index (χ0v) is 20.8. The highest BCUT2D eigenvalue weighted by molar-refractivity contribution is 5.80. The monoisotopic (exact) mass is 444 g/mol. The maximum absolute atomic E-state index is 5.83. The van der Waals surface area contributed by atoms with E-state index in [0.717, 1.165) is 69.9 Å². The number of likely N-dealkylation sites (tertiary alicyclic amines) is 1. The third-order valence-corrected chi connectivity index (χ3v) is 6.61. The molecule has 2 N–H and O–H groups in total. The predicted octanol–water partition coefficient (Wildman–Crippen LogP) is 3.66. The van der Waals surface area contributed by atoms with Crippen LogP contribution >= 0.6 is 0 Å². The number of rotatable bonds is 9. The van der Waals surface area contributed by atoms with Gasteiger partial charge >= 0.3 is 0 Å².